The second-order valence-corrected chi connectivity index (χ2v) is 4.62. The summed E-state index contributed by atoms with van der Waals surface area (Å²) in [5, 5.41) is 5.56. The molecule has 0 heterocycles. The van der Waals surface area contributed by atoms with Crippen LogP contribution in [-0.4, -0.2) is 30.4 Å². The highest BCUT2D eigenvalue weighted by Gasteiger charge is 2.14. The second kappa shape index (κ2) is 7.53. The molecule has 1 aromatic carbocycles. The Kier molecular flexibility index (Phi) is 6.02. The molecule has 0 aliphatic heterocycles. The van der Waals surface area contributed by atoms with Gasteiger partial charge < -0.3 is 16.4 Å². The molecule has 2 atom stereocenters. The molecule has 1 rings (SSSR count). The predicted octanol–water partition coefficient (Wildman–Crippen LogP) is 0.197. The number of hydrogen-bond acceptors (Lipinski definition) is 3. The zero-order valence-corrected chi connectivity index (χ0v) is 11.3. The van der Waals surface area contributed by atoms with Crippen LogP contribution in [0.3, 0.4) is 0 Å². The minimum absolute atomic E-state index is 0.115. The largest absolute Gasteiger partial charge is 0.353 e. The summed E-state index contributed by atoms with van der Waals surface area (Å²) in [6, 6.07) is 9.12. The molecule has 4 N–H and O–H groups in total. The van der Waals surface area contributed by atoms with E-state index in [2.05, 4.69) is 10.6 Å². The molecule has 0 spiro atoms. The Hall–Kier alpha value is -1.88. The van der Waals surface area contributed by atoms with Crippen LogP contribution in [0.25, 0.3) is 0 Å². The number of hydrogen-bond donors (Lipinski definition) is 3. The maximum atomic E-state index is 11.4. The van der Waals surface area contributed by atoms with Crippen LogP contribution in [0.4, 0.5) is 0 Å². The van der Waals surface area contributed by atoms with Crippen LogP contribution in [-0.2, 0) is 16.0 Å². The average Bonchev–Trinajstić information content (AvgIpc) is 2.36. The highest BCUT2D eigenvalue weighted by atomic mass is 16.2. The van der Waals surface area contributed by atoms with E-state index in [9.17, 15) is 9.59 Å². The van der Waals surface area contributed by atoms with Crippen LogP contribution >= 0.6 is 0 Å². The van der Waals surface area contributed by atoms with Crippen molar-refractivity contribution in [3.8, 4) is 0 Å². The van der Waals surface area contributed by atoms with E-state index in [4.69, 9.17) is 5.73 Å². The molecule has 2 amide bonds. The summed E-state index contributed by atoms with van der Waals surface area (Å²) in [7, 11) is 0. The lowest BCUT2D eigenvalue weighted by molar-refractivity contribution is -0.123. The van der Waals surface area contributed by atoms with Crippen molar-refractivity contribution in [2.24, 2.45) is 5.73 Å². The van der Waals surface area contributed by atoms with Gasteiger partial charge in [-0.1, -0.05) is 30.3 Å². The van der Waals surface area contributed by atoms with Crippen molar-refractivity contribution in [3.05, 3.63) is 35.9 Å². The molecule has 0 saturated carbocycles. The molecule has 0 radical (unpaired) electrons. The number of nitrogens with two attached hydrogens (primary N) is 1. The molecule has 19 heavy (non-hydrogen) atoms. The lowest BCUT2D eigenvalue weighted by Gasteiger charge is -2.19. The monoisotopic (exact) mass is 263 g/mol. The smallest absolute Gasteiger partial charge is 0.236 e. The Balaban J connectivity index is 2.57. The third kappa shape index (κ3) is 6.01. The summed E-state index contributed by atoms with van der Waals surface area (Å²) in [4.78, 5) is 22.6. The first-order chi connectivity index (χ1) is 8.99. The van der Waals surface area contributed by atoms with Gasteiger partial charge in [-0.15, -0.1) is 0 Å². The van der Waals surface area contributed by atoms with Crippen molar-refractivity contribution in [1.82, 2.24) is 10.6 Å². The van der Waals surface area contributed by atoms with E-state index in [0.29, 0.717) is 13.0 Å². The highest BCUT2D eigenvalue weighted by molar-refractivity contribution is 5.81. The maximum Gasteiger partial charge on any atom is 0.236 e. The fourth-order valence-corrected chi connectivity index (χ4v) is 1.75. The third-order valence-corrected chi connectivity index (χ3v) is 2.67. The van der Waals surface area contributed by atoms with Crippen LogP contribution in [0.5, 0.6) is 0 Å². The van der Waals surface area contributed by atoms with Gasteiger partial charge in [-0.25, -0.2) is 0 Å². The predicted molar refractivity (Wildman–Crippen MR) is 74.4 cm³/mol. The molecule has 104 valence electrons. The van der Waals surface area contributed by atoms with Crippen molar-refractivity contribution in [2.45, 2.75) is 32.4 Å². The second-order valence-electron chi connectivity index (χ2n) is 4.62. The van der Waals surface area contributed by atoms with Crippen molar-refractivity contribution in [3.63, 3.8) is 0 Å². The fourth-order valence-electron chi connectivity index (χ4n) is 1.75. The molecule has 5 heteroatoms. The maximum absolute atomic E-state index is 11.4. The van der Waals surface area contributed by atoms with Crippen LogP contribution in [0, 0.1) is 0 Å². The van der Waals surface area contributed by atoms with E-state index in [1.807, 2.05) is 30.3 Å². The molecule has 0 aromatic heterocycles. The Morgan fingerprint density at radius 3 is 2.42 bits per heavy atom. The topological polar surface area (TPSA) is 84.2 Å². The van der Waals surface area contributed by atoms with Crippen molar-refractivity contribution < 1.29 is 9.59 Å². The first kappa shape index (κ1) is 15.2. The first-order valence-electron chi connectivity index (χ1n) is 6.33. The lowest BCUT2D eigenvalue weighted by Crippen LogP contribution is -2.47. The fraction of sp³-hybridized carbons (Fsp3) is 0.429. The van der Waals surface area contributed by atoms with E-state index < -0.39 is 6.04 Å². The summed E-state index contributed by atoms with van der Waals surface area (Å²) in [6.45, 7) is 3.46. The Morgan fingerprint density at radius 1 is 1.26 bits per heavy atom. The standard InChI is InChI=1S/C14H21N3O2/c1-10(15)14(19)16-9-13(17-11(2)18)8-12-6-4-3-5-7-12/h3-7,10,13H,8-9,15H2,1-2H3,(H,16,19)(H,17,18). The summed E-state index contributed by atoms with van der Waals surface area (Å²) in [6.07, 6.45) is 0.666. The van der Waals surface area contributed by atoms with E-state index >= 15 is 0 Å². The minimum atomic E-state index is -0.547. The Labute approximate surface area is 113 Å². The van der Waals surface area contributed by atoms with Crippen molar-refractivity contribution in [2.75, 3.05) is 6.54 Å². The zero-order valence-electron chi connectivity index (χ0n) is 11.3. The molecule has 1 aromatic rings. The molecular weight excluding hydrogens is 242 g/mol. The van der Waals surface area contributed by atoms with E-state index in [1.165, 1.54) is 6.92 Å². The molecule has 0 fully saturated rings. The van der Waals surface area contributed by atoms with Crippen molar-refractivity contribution >= 4 is 11.8 Å². The van der Waals surface area contributed by atoms with Gasteiger partial charge in [0.25, 0.3) is 0 Å². The highest BCUT2D eigenvalue weighted by Crippen LogP contribution is 2.02. The molecule has 0 bridgehead atoms. The van der Waals surface area contributed by atoms with Crippen LogP contribution in [0.1, 0.15) is 19.4 Å². The number of carbonyl (C=O) groups is 2. The third-order valence-electron chi connectivity index (χ3n) is 2.67. The molecule has 0 aliphatic carbocycles. The van der Waals surface area contributed by atoms with Crippen LogP contribution in [0.15, 0.2) is 30.3 Å². The SMILES string of the molecule is CC(=O)NC(CNC(=O)C(C)N)Cc1ccccc1. The van der Waals surface area contributed by atoms with Crippen molar-refractivity contribution in [1.29, 1.82) is 0 Å². The Bertz CT molecular complexity index is 418. The van der Waals surface area contributed by atoms with Gasteiger partial charge in [0.05, 0.1) is 12.1 Å². The van der Waals surface area contributed by atoms with Gasteiger partial charge in [0.1, 0.15) is 0 Å². The van der Waals surface area contributed by atoms with E-state index in [-0.39, 0.29) is 17.9 Å². The minimum Gasteiger partial charge on any atom is -0.353 e. The summed E-state index contributed by atoms with van der Waals surface area (Å²) >= 11 is 0. The molecular formula is C14H21N3O2. The van der Waals surface area contributed by atoms with Crippen LogP contribution in [0.2, 0.25) is 0 Å². The zero-order chi connectivity index (χ0) is 14.3. The van der Waals surface area contributed by atoms with Gasteiger partial charge in [-0.2, -0.15) is 0 Å². The lowest BCUT2D eigenvalue weighted by atomic mass is 10.1. The van der Waals surface area contributed by atoms with Gasteiger partial charge in [-0.3, -0.25) is 9.59 Å². The quantitative estimate of drug-likeness (QED) is 0.685. The molecule has 2 unspecified atom stereocenters. The normalized spacial score (nSPS) is 13.4. The van der Waals surface area contributed by atoms with Gasteiger partial charge in [0.15, 0.2) is 0 Å². The summed E-state index contributed by atoms with van der Waals surface area (Å²) in [5.74, 6) is -0.334. The van der Waals surface area contributed by atoms with Gasteiger partial charge in [-0.05, 0) is 18.9 Å². The van der Waals surface area contributed by atoms with Gasteiger partial charge in [0, 0.05) is 13.5 Å². The number of benzene rings is 1. The Morgan fingerprint density at radius 2 is 1.89 bits per heavy atom. The summed E-state index contributed by atoms with van der Waals surface area (Å²) < 4.78 is 0. The average molecular weight is 263 g/mol. The number of carbonyl (C=O) groups excluding carboxylic acids is 2. The number of amides is 2. The first-order valence-corrected chi connectivity index (χ1v) is 6.33. The van der Waals surface area contributed by atoms with E-state index in [1.54, 1.807) is 6.92 Å². The molecule has 5 nitrogen and oxygen atoms in total. The molecule has 0 saturated heterocycles. The number of nitrogens with one attached hydrogen (secondary N) is 2. The van der Waals surface area contributed by atoms with Gasteiger partial charge in [0.2, 0.25) is 11.8 Å². The van der Waals surface area contributed by atoms with Crippen LogP contribution < -0.4 is 16.4 Å². The molecule has 0 aliphatic rings. The summed E-state index contributed by atoms with van der Waals surface area (Å²) in [5.41, 5.74) is 6.58. The van der Waals surface area contributed by atoms with Gasteiger partial charge >= 0.3 is 0 Å². The van der Waals surface area contributed by atoms with E-state index in [0.717, 1.165) is 5.56 Å². The number of rotatable bonds is 6.